The first-order chi connectivity index (χ1) is 27.5. The molecule has 0 aromatic rings. The van der Waals surface area contributed by atoms with Crippen LogP contribution in [0.25, 0.3) is 0 Å². The molecule has 1 amide bonds. The summed E-state index contributed by atoms with van der Waals surface area (Å²) in [5.74, 6) is -0.880. The summed E-state index contributed by atoms with van der Waals surface area (Å²) >= 11 is 0. The summed E-state index contributed by atoms with van der Waals surface area (Å²) in [4.78, 5) is 37.8. The van der Waals surface area contributed by atoms with E-state index in [1.807, 2.05) is 0 Å². The molecule has 1 N–H and O–H groups in total. The molecule has 0 spiro atoms. The van der Waals surface area contributed by atoms with Gasteiger partial charge in [-0.15, -0.1) is 0 Å². The van der Waals surface area contributed by atoms with Crippen LogP contribution in [-0.4, -0.2) is 70.8 Å². The van der Waals surface area contributed by atoms with Crippen molar-refractivity contribution in [1.82, 2.24) is 5.32 Å². The van der Waals surface area contributed by atoms with E-state index in [0.29, 0.717) is 26.4 Å². The Labute approximate surface area is 345 Å². The maximum absolute atomic E-state index is 12.7. The first-order valence-corrected chi connectivity index (χ1v) is 23.8. The van der Waals surface area contributed by atoms with E-state index in [-0.39, 0.29) is 26.1 Å². The number of ether oxygens (including phenoxy) is 5. The fourth-order valence-electron chi connectivity index (χ4n) is 7.01. The third kappa shape index (κ3) is 43.3. The van der Waals surface area contributed by atoms with Crippen LogP contribution in [0.2, 0.25) is 0 Å². The van der Waals surface area contributed by atoms with Crippen molar-refractivity contribution < 1.29 is 38.1 Å². The minimum atomic E-state index is -0.770. The van der Waals surface area contributed by atoms with Gasteiger partial charge in [-0.1, -0.05) is 206 Å². The maximum atomic E-state index is 12.7. The van der Waals surface area contributed by atoms with Crippen molar-refractivity contribution in [2.24, 2.45) is 0 Å². The molecule has 0 atom stereocenters. The van der Waals surface area contributed by atoms with Crippen LogP contribution in [0.4, 0.5) is 4.79 Å². The molecular weight excluding hydrogens is 707 g/mol. The molecule has 0 fully saturated rings. The Hall–Kier alpha value is -1.87. The van der Waals surface area contributed by atoms with Crippen LogP contribution in [0, 0.1) is 0 Å². The Kier molecular flexibility index (Phi) is 44.3. The van der Waals surface area contributed by atoms with Crippen molar-refractivity contribution in [1.29, 1.82) is 0 Å². The van der Waals surface area contributed by atoms with E-state index in [1.165, 1.54) is 167 Å². The van der Waals surface area contributed by atoms with E-state index in [2.05, 4.69) is 19.2 Å². The third-order valence-electron chi connectivity index (χ3n) is 10.6. The average molecular weight is 798 g/mol. The number of carbonyl (C=O) groups excluding carboxylic acids is 3. The van der Waals surface area contributed by atoms with E-state index >= 15 is 0 Å². The second-order valence-corrected chi connectivity index (χ2v) is 16.0. The lowest BCUT2D eigenvalue weighted by atomic mass is 10.0. The van der Waals surface area contributed by atoms with Gasteiger partial charge in [-0.2, -0.15) is 0 Å². The van der Waals surface area contributed by atoms with E-state index in [0.717, 1.165) is 38.5 Å². The van der Waals surface area contributed by atoms with Crippen molar-refractivity contribution in [2.45, 2.75) is 238 Å². The molecule has 0 aliphatic rings. The zero-order valence-electron chi connectivity index (χ0n) is 37.1. The Bertz CT molecular complexity index is 789. The zero-order chi connectivity index (χ0) is 40.8. The lowest BCUT2D eigenvalue weighted by Crippen LogP contribution is -2.39. The van der Waals surface area contributed by atoms with Gasteiger partial charge in [0.1, 0.15) is 6.61 Å². The predicted octanol–water partition coefficient (Wildman–Crippen LogP) is 13.1. The number of esters is 2. The first kappa shape index (κ1) is 54.1. The summed E-state index contributed by atoms with van der Waals surface area (Å²) in [7, 11) is 1.59. The van der Waals surface area contributed by atoms with Gasteiger partial charge in [0.25, 0.3) is 0 Å². The van der Waals surface area contributed by atoms with Crippen molar-refractivity contribution in [3.05, 3.63) is 0 Å². The highest BCUT2D eigenvalue weighted by atomic mass is 16.6. The van der Waals surface area contributed by atoms with Gasteiger partial charge in [-0.25, -0.2) is 4.79 Å². The largest absolute Gasteiger partial charge is 0.466 e. The number of alkyl carbamates (subject to hydrolysis) is 1. The summed E-state index contributed by atoms with van der Waals surface area (Å²) in [6, 6.07) is -0.770. The number of hydrogen-bond donors (Lipinski definition) is 1. The number of rotatable bonds is 45. The maximum Gasteiger partial charge on any atom is 0.407 e. The van der Waals surface area contributed by atoms with Crippen molar-refractivity contribution in [3.8, 4) is 0 Å². The molecule has 0 unspecified atom stereocenters. The van der Waals surface area contributed by atoms with Gasteiger partial charge < -0.3 is 29.0 Å². The highest BCUT2D eigenvalue weighted by molar-refractivity contribution is 5.76. The van der Waals surface area contributed by atoms with E-state index in [4.69, 9.17) is 23.7 Å². The number of carbonyl (C=O) groups is 3. The second kappa shape index (κ2) is 45.8. The van der Waals surface area contributed by atoms with Crippen LogP contribution in [-0.2, 0) is 33.3 Å². The average Bonchev–Trinajstić information content (AvgIpc) is 3.18. The molecule has 0 aliphatic heterocycles. The zero-order valence-corrected chi connectivity index (χ0v) is 37.1. The second-order valence-electron chi connectivity index (χ2n) is 16.0. The summed E-state index contributed by atoms with van der Waals surface area (Å²) < 4.78 is 26.4. The number of methoxy groups -OCH3 is 1. The number of amides is 1. The van der Waals surface area contributed by atoms with Gasteiger partial charge in [0, 0.05) is 7.11 Å². The molecule has 0 saturated heterocycles. The SMILES string of the molecule is CCCCCCCCCCCCCCCCCCOC(=O)CC(CC(=O)OCCCCCCCCCCCCCCCCCC)NC(=O)OCCOCCOC. The quantitative estimate of drug-likeness (QED) is 0.0368. The lowest BCUT2D eigenvalue weighted by Gasteiger charge is -2.17. The highest BCUT2D eigenvalue weighted by Gasteiger charge is 2.22. The minimum Gasteiger partial charge on any atom is -0.466 e. The number of unbranched alkanes of at least 4 members (excludes halogenated alkanes) is 30. The van der Waals surface area contributed by atoms with Gasteiger partial charge in [-0.05, 0) is 12.8 Å². The molecule has 9 heteroatoms. The Balaban J connectivity index is 4.13. The van der Waals surface area contributed by atoms with Crippen LogP contribution < -0.4 is 5.32 Å². The summed E-state index contributed by atoms with van der Waals surface area (Å²) in [5.41, 5.74) is 0. The van der Waals surface area contributed by atoms with Gasteiger partial charge >= 0.3 is 18.0 Å². The standard InChI is InChI=1S/C47H91NO8/c1-4-6-8-10-12-14-16-18-20-22-24-26-28-30-32-34-36-54-45(49)42-44(48-47(51)56-41-40-53-39-38-52-3)43-46(50)55-37-35-33-31-29-27-25-23-21-19-17-15-13-11-9-7-5-2/h44H,4-43H2,1-3H3,(H,48,51). The van der Waals surface area contributed by atoms with Crippen LogP contribution in [0.5, 0.6) is 0 Å². The molecule has 0 aromatic heterocycles. The van der Waals surface area contributed by atoms with Crippen LogP contribution >= 0.6 is 0 Å². The van der Waals surface area contributed by atoms with Crippen molar-refractivity contribution in [3.63, 3.8) is 0 Å². The van der Waals surface area contributed by atoms with E-state index in [9.17, 15) is 14.4 Å². The van der Waals surface area contributed by atoms with Crippen molar-refractivity contribution in [2.75, 3.05) is 46.8 Å². The van der Waals surface area contributed by atoms with E-state index < -0.39 is 24.1 Å². The summed E-state index contributed by atoms with van der Waals surface area (Å²) in [6.45, 7) is 6.37. The topological polar surface area (TPSA) is 109 Å². The van der Waals surface area contributed by atoms with E-state index in [1.54, 1.807) is 7.11 Å². The molecule has 0 radical (unpaired) electrons. The van der Waals surface area contributed by atoms with Crippen molar-refractivity contribution >= 4 is 18.0 Å². The molecule has 0 aliphatic carbocycles. The monoisotopic (exact) mass is 798 g/mol. The Morgan fingerprint density at radius 1 is 0.375 bits per heavy atom. The number of nitrogens with one attached hydrogen (secondary N) is 1. The minimum absolute atomic E-state index is 0.0513. The Morgan fingerprint density at radius 2 is 0.679 bits per heavy atom. The highest BCUT2D eigenvalue weighted by Crippen LogP contribution is 2.16. The van der Waals surface area contributed by atoms with Crippen LogP contribution in [0.1, 0.15) is 232 Å². The molecule has 9 nitrogen and oxygen atoms in total. The predicted molar refractivity (Wildman–Crippen MR) is 231 cm³/mol. The normalized spacial score (nSPS) is 11.3. The molecule has 56 heavy (non-hydrogen) atoms. The molecule has 0 aromatic carbocycles. The molecule has 0 saturated carbocycles. The Morgan fingerprint density at radius 3 is 1.00 bits per heavy atom. The molecule has 0 heterocycles. The number of hydrogen-bond acceptors (Lipinski definition) is 8. The summed E-state index contributed by atoms with van der Waals surface area (Å²) in [5, 5.41) is 2.65. The summed E-state index contributed by atoms with van der Waals surface area (Å²) in [6.07, 6.45) is 40.2. The van der Waals surface area contributed by atoms with Gasteiger partial charge in [-0.3, -0.25) is 9.59 Å². The van der Waals surface area contributed by atoms with Gasteiger partial charge in [0.15, 0.2) is 0 Å². The molecule has 0 rings (SSSR count). The lowest BCUT2D eigenvalue weighted by molar-refractivity contribution is -0.146. The molecule has 0 bridgehead atoms. The van der Waals surface area contributed by atoms with Gasteiger partial charge in [0.05, 0.1) is 51.9 Å². The molecular formula is C47H91NO8. The van der Waals surface area contributed by atoms with Crippen LogP contribution in [0.3, 0.4) is 0 Å². The smallest absolute Gasteiger partial charge is 0.407 e. The van der Waals surface area contributed by atoms with Crippen LogP contribution in [0.15, 0.2) is 0 Å². The fraction of sp³-hybridized carbons (Fsp3) is 0.936. The van der Waals surface area contributed by atoms with Gasteiger partial charge in [0.2, 0.25) is 0 Å². The third-order valence-corrected chi connectivity index (χ3v) is 10.6. The first-order valence-electron chi connectivity index (χ1n) is 23.8. The fourth-order valence-corrected chi connectivity index (χ4v) is 7.01. The molecule has 332 valence electrons.